The van der Waals surface area contributed by atoms with Gasteiger partial charge in [0.2, 0.25) is 0 Å². The van der Waals surface area contributed by atoms with Crippen LogP contribution < -0.4 is 0 Å². The van der Waals surface area contributed by atoms with Crippen LogP contribution in [0.2, 0.25) is 0 Å². The molecule has 15 heavy (non-hydrogen) atoms. The van der Waals surface area contributed by atoms with E-state index >= 15 is 0 Å². The molecule has 0 amide bonds. The molecule has 1 rings (SSSR count). The van der Waals surface area contributed by atoms with Crippen molar-refractivity contribution in [3.8, 4) is 0 Å². The van der Waals surface area contributed by atoms with Gasteiger partial charge in [-0.2, -0.15) is 0 Å². The molecular formula is C13H16O2. The van der Waals surface area contributed by atoms with Crippen LogP contribution >= 0.6 is 0 Å². The Morgan fingerprint density at radius 1 is 1.13 bits per heavy atom. The molecule has 0 heterocycles. The normalized spacial score (nSPS) is 10.0. The fourth-order valence-electron chi connectivity index (χ4n) is 1.47. The summed E-state index contributed by atoms with van der Waals surface area (Å²) in [6, 6.07) is 7.51. The van der Waals surface area contributed by atoms with Crippen molar-refractivity contribution < 1.29 is 9.59 Å². The van der Waals surface area contributed by atoms with Gasteiger partial charge in [-0.3, -0.25) is 9.59 Å². The van der Waals surface area contributed by atoms with E-state index in [-0.39, 0.29) is 18.0 Å². The Kier molecular flexibility index (Phi) is 4.22. The molecule has 0 atom stereocenters. The fourth-order valence-corrected chi connectivity index (χ4v) is 1.47. The van der Waals surface area contributed by atoms with E-state index < -0.39 is 0 Å². The molecule has 80 valence electrons. The van der Waals surface area contributed by atoms with Gasteiger partial charge in [0, 0.05) is 5.56 Å². The van der Waals surface area contributed by atoms with Gasteiger partial charge in [0.05, 0.1) is 6.42 Å². The second kappa shape index (κ2) is 5.44. The quantitative estimate of drug-likeness (QED) is 0.546. The van der Waals surface area contributed by atoms with Gasteiger partial charge in [-0.15, -0.1) is 0 Å². The lowest BCUT2D eigenvalue weighted by Gasteiger charge is -2.01. The number of Topliss-reactive ketones (excluding diaryl/α,β-unsaturated/α-hetero) is 2. The summed E-state index contributed by atoms with van der Waals surface area (Å²) >= 11 is 0. The Morgan fingerprint density at radius 2 is 1.73 bits per heavy atom. The highest BCUT2D eigenvalue weighted by molar-refractivity contribution is 6.07. The van der Waals surface area contributed by atoms with Gasteiger partial charge in [-0.05, 0) is 18.9 Å². The van der Waals surface area contributed by atoms with E-state index in [0.29, 0.717) is 5.56 Å². The van der Waals surface area contributed by atoms with E-state index in [2.05, 4.69) is 6.92 Å². The average Bonchev–Trinajstić information content (AvgIpc) is 2.18. The van der Waals surface area contributed by atoms with Gasteiger partial charge >= 0.3 is 0 Å². The van der Waals surface area contributed by atoms with E-state index in [4.69, 9.17) is 0 Å². The summed E-state index contributed by atoms with van der Waals surface area (Å²) in [5, 5.41) is 0. The lowest BCUT2D eigenvalue weighted by molar-refractivity contribution is -0.116. The number of ketones is 2. The molecule has 2 heteroatoms. The number of benzene rings is 1. The summed E-state index contributed by atoms with van der Waals surface area (Å²) in [5.41, 5.74) is 1.86. The van der Waals surface area contributed by atoms with E-state index in [1.54, 1.807) is 12.1 Å². The highest BCUT2D eigenvalue weighted by Crippen LogP contribution is 2.08. The molecule has 0 unspecified atom stereocenters. The first-order valence-corrected chi connectivity index (χ1v) is 5.25. The number of hydrogen-bond donors (Lipinski definition) is 0. The summed E-state index contributed by atoms with van der Waals surface area (Å²) in [5.74, 6) is -0.178. The molecule has 0 saturated carbocycles. The SMILES string of the molecule is CCCc1ccc(C(=O)CC(C)=O)cc1. The number of aryl methyl sites for hydroxylation is 1. The Balaban J connectivity index is 2.71. The van der Waals surface area contributed by atoms with Crippen LogP contribution in [0.4, 0.5) is 0 Å². The minimum Gasteiger partial charge on any atom is -0.300 e. The van der Waals surface area contributed by atoms with Crippen LogP contribution in [0.15, 0.2) is 24.3 Å². The first-order valence-electron chi connectivity index (χ1n) is 5.25. The minimum absolute atomic E-state index is 0.00707. The van der Waals surface area contributed by atoms with Crippen LogP contribution in [0.5, 0.6) is 0 Å². The van der Waals surface area contributed by atoms with Crippen molar-refractivity contribution in [2.75, 3.05) is 0 Å². The van der Waals surface area contributed by atoms with Gasteiger partial charge < -0.3 is 0 Å². The van der Waals surface area contributed by atoms with E-state index in [9.17, 15) is 9.59 Å². The van der Waals surface area contributed by atoms with Gasteiger partial charge in [0.1, 0.15) is 5.78 Å². The number of carbonyl (C=O) groups excluding carboxylic acids is 2. The zero-order valence-corrected chi connectivity index (χ0v) is 9.25. The average molecular weight is 204 g/mol. The van der Waals surface area contributed by atoms with Gasteiger partial charge in [0.25, 0.3) is 0 Å². The second-order valence-corrected chi connectivity index (χ2v) is 3.75. The van der Waals surface area contributed by atoms with Crippen LogP contribution in [-0.4, -0.2) is 11.6 Å². The lowest BCUT2D eigenvalue weighted by Crippen LogP contribution is -2.04. The van der Waals surface area contributed by atoms with Crippen LogP contribution in [0.3, 0.4) is 0 Å². The van der Waals surface area contributed by atoms with Gasteiger partial charge in [-0.25, -0.2) is 0 Å². The minimum atomic E-state index is -0.0921. The van der Waals surface area contributed by atoms with Crippen molar-refractivity contribution in [3.63, 3.8) is 0 Å². The van der Waals surface area contributed by atoms with Crippen molar-refractivity contribution in [1.29, 1.82) is 0 Å². The molecule has 0 saturated heterocycles. The Labute approximate surface area is 90.3 Å². The molecule has 0 radical (unpaired) electrons. The van der Waals surface area contributed by atoms with E-state index in [0.717, 1.165) is 12.8 Å². The topological polar surface area (TPSA) is 34.1 Å². The third-order valence-corrected chi connectivity index (χ3v) is 2.22. The molecule has 0 aliphatic carbocycles. The molecule has 2 nitrogen and oxygen atoms in total. The Hall–Kier alpha value is -1.44. The molecule has 0 bridgehead atoms. The maximum Gasteiger partial charge on any atom is 0.170 e. The maximum atomic E-state index is 11.5. The zero-order valence-electron chi connectivity index (χ0n) is 9.25. The Bertz CT molecular complexity index is 349. The number of rotatable bonds is 5. The van der Waals surface area contributed by atoms with Gasteiger partial charge in [-0.1, -0.05) is 37.6 Å². The third-order valence-electron chi connectivity index (χ3n) is 2.22. The van der Waals surface area contributed by atoms with E-state index in [1.807, 2.05) is 12.1 Å². The van der Waals surface area contributed by atoms with Crippen LogP contribution in [-0.2, 0) is 11.2 Å². The number of hydrogen-bond acceptors (Lipinski definition) is 2. The van der Waals surface area contributed by atoms with Crippen molar-refractivity contribution in [2.24, 2.45) is 0 Å². The first-order chi connectivity index (χ1) is 7.13. The van der Waals surface area contributed by atoms with Crippen molar-refractivity contribution in [1.82, 2.24) is 0 Å². The van der Waals surface area contributed by atoms with E-state index in [1.165, 1.54) is 12.5 Å². The fraction of sp³-hybridized carbons (Fsp3) is 0.385. The second-order valence-electron chi connectivity index (χ2n) is 3.75. The van der Waals surface area contributed by atoms with Crippen molar-refractivity contribution in [2.45, 2.75) is 33.1 Å². The molecule has 0 N–H and O–H groups in total. The molecule has 0 fully saturated rings. The largest absolute Gasteiger partial charge is 0.300 e. The molecule has 0 aromatic heterocycles. The summed E-state index contributed by atoms with van der Waals surface area (Å²) in [6.07, 6.45) is 2.13. The van der Waals surface area contributed by atoms with Crippen molar-refractivity contribution in [3.05, 3.63) is 35.4 Å². The van der Waals surface area contributed by atoms with Crippen LogP contribution in [0.25, 0.3) is 0 Å². The highest BCUT2D eigenvalue weighted by Gasteiger charge is 2.07. The van der Waals surface area contributed by atoms with Crippen LogP contribution in [0.1, 0.15) is 42.6 Å². The smallest absolute Gasteiger partial charge is 0.170 e. The molecule has 1 aromatic rings. The van der Waals surface area contributed by atoms with Crippen LogP contribution in [0, 0.1) is 0 Å². The predicted octanol–water partition coefficient (Wildman–Crippen LogP) is 2.80. The first kappa shape index (κ1) is 11.6. The summed E-state index contributed by atoms with van der Waals surface area (Å²) in [4.78, 5) is 22.3. The zero-order chi connectivity index (χ0) is 11.3. The predicted molar refractivity (Wildman–Crippen MR) is 60.1 cm³/mol. The summed E-state index contributed by atoms with van der Waals surface area (Å²) in [6.45, 7) is 3.55. The maximum absolute atomic E-state index is 11.5. The summed E-state index contributed by atoms with van der Waals surface area (Å²) < 4.78 is 0. The highest BCUT2D eigenvalue weighted by atomic mass is 16.1. The van der Waals surface area contributed by atoms with Gasteiger partial charge in [0.15, 0.2) is 5.78 Å². The summed E-state index contributed by atoms with van der Waals surface area (Å²) in [7, 11) is 0. The standard InChI is InChI=1S/C13H16O2/c1-3-4-11-5-7-12(8-6-11)13(15)9-10(2)14/h5-8H,3-4,9H2,1-2H3. The Morgan fingerprint density at radius 3 is 2.20 bits per heavy atom. The molecular weight excluding hydrogens is 188 g/mol. The monoisotopic (exact) mass is 204 g/mol. The lowest BCUT2D eigenvalue weighted by atomic mass is 10.0. The molecule has 0 aliphatic rings. The molecule has 0 spiro atoms. The molecule has 1 aromatic carbocycles. The number of carbonyl (C=O) groups is 2. The third kappa shape index (κ3) is 3.66. The molecule has 0 aliphatic heterocycles. The van der Waals surface area contributed by atoms with Crippen molar-refractivity contribution >= 4 is 11.6 Å².